The van der Waals surface area contributed by atoms with Crippen LogP contribution in [-0.4, -0.2) is 18.2 Å². The summed E-state index contributed by atoms with van der Waals surface area (Å²) in [5, 5.41) is 9.24. The average molecular weight is 198 g/mol. The Morgan fingerprint density at radius 1 is 1.57 bits per heavy atom. The number of cyclic esters (lactones) is 1. The average Bonchev–Trinajstić information content (AvgIpc) is 2.41. The van der Waals surface area contributed by atoms with Crippen LogP contribution in [0.15, 0.2) is 12.1 Å². The molecule has 4 nitrogen and oxygen atoms in total. The molecule has 0 saturated carbocycles. The maximum absolute atomic E-state index is 13.1. The number of carbonyl (C=O) groups excluding carboxylic acids is 1. The van der Waals surface area contributed by atoms with Crippen LogP contribution in [0.5, 0.6) is 5.75 Å². The van der Waals surface area contributed by atoms with Gasteiger partial charge in [0.25, 0.3) is 0 Å². The van der Waals surface area contributed by atoms with Gasteiger partial charge in [0.05, 0.1) is 12.7 Å². The quantitative estimate of drug-likeness (QED) is 0.684. The Morgan fingerprint density at radius 2 is 2.29 bits per heavy atom. The van der Waals surface area contributed by atoms with Gasteiger partial charge in [0.15, 0.2) is 11.6 Å². The van der Waals surface area contributed by atoms with E-state index in [0.717, 1.165) is 6.07 Å². The van der Waals surface area contributed by atoms with E-state index in [4.69, 9.17) is 4.74 Å². The molecule has 0 fully saturated rings. The standard InChI is InChI=1S/C9H7FO4/c1-13-7-3-5-4(2-6(7)10)8(11)14-9(5)12/h2-3,9,12H,1H3. The Labute approximate surface area is 78.9 Å². The van der Waals surface area contributed by atoms with Crippen molar-refractivity contribution in [2.24, 2.45) is 0 Å². The van der Waals surface area contributed by atoms with Gasteiger partial charge in [0, 0.05) is 5.56 Å². The third-order valence-electron chi connectivity index (χ3n) is 2.03. The van der Waals surface area contributed by atoms with Gasteiger partial charge in [-0.2, -0.15) is 0 Å². The van der Waals surface area contributed by atoms with Crippen LogP contribution in [0.3, 0.4) is 0 Å². The van der Waals surface area contributed by atoms with Crippen molar-refractivity contribution in [3.8, 4) is 5.75 Å². The monoisotopic (exact) mass is 198 g/mol. The van der Waals surface area contributed by atoms with E-state index in [1.807, 2.05) is 0 Å². The normalized spacial score (nSPS) is 19.1. The third-order valence-corrected chi connectivity index (χ3v) is 2.03. The van der Waals surface area contributed by atoms with Gasteiger partial charge in [0.2, 0.25) is 6.29 Å². The van der Waals surface area contributed by atoms with Gasteiger partial charge >= 0.3 is 5.97 Å². The summed E-state index contributed by atoms with van der Waals surface area (Å²) in [4.78, 5) is 11.0. The van der Waals surface area contributed by atoms with E-state index in [0.29, 0.717) is 0 Å². The Balaban J connectivity index is 2.59. The van der Waals surface area contributed by atoms with Crippen LogP contribution in [0.2, 0.25) is 0 Å². The van der Waals surface area contributed by atoms with Gasteiger partial charge in [-0.25, -0.2) is 9.18 Å². The van der Waals surface area contributed by atoms with Crippen LogP contribution < -0.4 is 4.74 Å². The van der Waals surface area contributed by atoms with Crippen molar-refractivity contribution in [1.29, 1.82) is 0 Å². The van der Waals surface area contributed by atoms with E-state index in [2.05, 4.69) is 4.74 Å². The predicted molar refractivity (Wildman–Crippen MR) is 43.3 cm³/mol. The number of carbonyl (C=O) groups is 1. The summed E-state index contributed by atoms with van der Waals surface area (Å²) >= 11 is 0. The Bertz CT molecular complexity index is 402. The van der Waals surface area contributed by atoms with E-state index < -0.39 is 18.1 Å². The number of esters is 1. The van der Waals surface area contributed by atoms with Crippen molar-refractivity contribution in [2.45, 2.75) is 6.29 Å². The molecule has 0 saturated heterocycles. The van der Waals surface area contributed by atoms with Crippen LogP contribution in [0, 0.1) is 5.82 Å². The number of ether oxygens (including phenoxy) is 2. The maximum Gasteiger partial charge on any atom is 0.341 e. The number of hydrogen-bond donors (Lipinski definition) is 1. The number of benzene rings is 1. The number of methoxy groups -OCH3 is 1. The number of aliphatic hydroxyl groups excluding tert-OH is 1. The van der Waals surface area contributed by atoms with Crippen molar-refractivity contribution >= 4 is 5.97 Å². The molecule has 1 aliphatic heterocycles. The molecule has 1 aromatic rings. The molecular formula is C9H7FO4. The molecule has 1 aliphatic rings. The highest BCUT2D eigenvalue weighted by Gasteiger charge is 2.31. The number of hydrogen-bond acceptors (Lipinski definition) is 4. The lowest BCUT2D eigenvalue weighted by molar-refractivity contribution is -0.0548. The summed E-state index contributed by atoms with van der Waals surface area (Å²) in [7, 11) is 1.30. The third kappa shape index (κ3) is 1.13. The van der Waals surface area contributed by atoms with Crippen molar-refractivity contribution in [1.82, 2.24) is 0 Å². The molecule has 74 valence electrons. The van der Waals surface area contributed by atoms with Crippen LogP contribution >= 0.6 is 0 Å². The number of fused-ring (bicyclic) bond motifs is 1. The summed E-state index contributed by atoms with van der Waals surface area (Å²) in [6.07, 6.45) is -1.33. The second-order valence-corrected chi connectivity index (χ2v) is 2.83. The number of halogens is 1. The molecule has 1 unspecified atom stereocenters. The first-order valence-corrected chi connectivity index (χ1v) is 3.90. The van der Waals surface area contributed by atoms with Gasteiger partial charge in [-0.15, -0.1) is 0 Å². The number of rotatable bonds is 1. The maximum atomic E-state index is 13.1. The molecule has 0 bridgehead atoms. The molecule has 14 heavy (non-hydrogen) atoms. The predicted octanol–water partition coefficient (Wildman–Crippen LogP) is 0.996. The molecule has 5 heteroatoms. The van der Waals surface area contributed by atoms with Crippen molar-refractivity contribution in [2.75, 3.05) is 7.11 Å². The van der Waals surface area contributed by atoms with E-state index in [1.165, 1.54) is 13.2 Å². The zero-order valence-corrected chi connectivity index (χ0v) is 7.28. The van der Waals surface area contributed by atoms with Crippen molar-refractivity contribution in [3.63, 3.8) is 0 Å². The lowest BCUT2D eigenvalue weighted by atomic mass is 10.1. The lowest BCUT2D eigenvalue weighted by Gasteiger charge is -2.04. The fourth-order valence-electron chi connectivity index (χ4n) is 1.33. The molecular weight excluding hydrogens is 191 g/mol. The summed E-state index contributed by atoms with van der Waals surface area (Å²) in [6.45, 7) is 0. The summed E-state index contributed by atoms with van der Waals surface area (Å²) in [6, 6.07) is 2.24. The minimum Gasteiger partial charge on any atom is -0.494 e. The first-order chi connectivity index (χ1) is 6.63. The van der Waals surface area contributed by atoms with E-state index in [1.54, 1.807) is 0 Å². The first kappa shape index (κ1) is 8.96. The molecule has 1 aromatic carbocycles. The first-order valence-electron chi connectivity index (χ1n) is 3.90. The summed E-state index contributed by atoms with van der Waals surface area (Å²) in [5.74, 6) is -1.41. The molecule has 0 amide bonds. The minimum absolute atomic E-state index is 0.0268. The molecule has 0 radical (unpaired) electrons. The van der Waals surface area contributed by atoms with Gasteiger partial charge in [-0.1, -0.05) is 0 Å². The van der Waals surface area contributed by atoms with Crippen LogP contribution in [0.1, 0.15) is 22.2 Å². The van der Waals surface area contributed by atoms with E-state index in [9.17, 15) is 14.3 Å². The lowest BCUT2D eigenvalue weighted by Crippen LogP contribution is -1.96. The highest BCUT2D eigenvalue weighted by molar-refractivity contribution is 5.94. The molecule has 1 atom stereocenters. The molecule has 0 aromatic heterocycles. The van der Waals surface area contributed by atoms with Crippen LogP contribution in [0.25, 0.3) is 0 Å². The molecule has 2 rings (SSSR count). The zero-order chi connectivity index (χ0) is 10.3. The fraction of sp³-hybridized carbons (Fsp3) is 0.222. The molecule has 0 aliphatic carbocycles. The van der Waals surface area contributed by atoms with Gasteiger partial charge in [-0.05, 0) is 12.1 Å². The summed E-state index contributed by atoms with van der Waals surface area (Å²) in [5.41, 5.74) is 0.268. The Hall–Kier alpha value is -1.62. The highest BCUT2D eigenvalue weighted by Crippen LogP contribution is 2.33. The largest absolute Gasteiger partial charge is 0.494 e. The zero-order valence-electron chi connectivity index (χ0n) is 7.28. The Morgan fingerprint density at radius 3 is 2.93 bits per heavy atom. The summed E-state index contributed by atoms with van der Waals surface area (Å²) < 4.78 is 22.3. The van der Waals surface area contributed by atoms with E-state index >= 15 is 0 Å². The highest BCUT2D eigenvalue weighted by atomic mass is 19.1. The van der Waals surface area contributed by atoms with Crippen LogP contribution in [0.4, 0.5) is 4.39 Å². The van der Waals surface area contributed by atoms with Crippen molar-refractivity contribution in [3.05, 3.63) is 29.1 Å². The second-order valence-electron chi connectivity index (χ2n) is 2.83. The second kappa shape index (κ2) is 2.95. The van der Waals surface area contributed by atoms with Crippen LogP contribution in [-0.2, 0) is 4.74 Å². The minimum atomic E-state index is -1.33. The van der Waals surface area contributed by atoms with E-state index in [-0.39, 0.29) is 16.9 Å². The molecule has 0 spiro atoms. The van der Waals surface area contributed by atoms with Crippen molar-refractivity contribution < 1.29 is 23.8 Å². The Kier molecular flexibility index (Phi) is 1.89. The molecule has 1 N–H and O–H groups in total. The topological polar surface area (TPSA) is 55.8 Å². The smallest absolute Gasteiger partial charge is 0.341 e. The fourth-order valence-corrected chi connectivity index (χ4v) is 1.33. The molecule has 1 heterocycles. The van der Waals surface area contributed by atoms with Gasteiger partial charge in [0.1, 0.15) is 0 Å². The SMILES string of the molecule is COc1cc2c(cc1F)C(=O)OC2O. The van der Waals surface area contributed by atoms with Gasteiger partial charge in [-0.3, -0.25) is 0 Å². The number of aliphatic hydroxyl groups is 1. The van der Waals surface area contributed by atoms with Gasteiger partial charge < -0.3 is 14.6 Å².